The minimum absolute atomic E-state index is 0.250. The molecular formula is C8H11NO3. The summed E-state index contributed by atoms with van der Waals surface area (Å²) in [5, 5.41) is 18.5. The number of aromatic hydroxyl groups is 1. The molecule has 0 aliphatic rings. The lowest BCUT2D eigenvalue weighted by atomic mass is 10.2. The Morgan fingerprint density at radius 3 is 2.67 bits per heavy atom. The highest BCUT2D eigenvalue weighted by molar-refractivity contribution is 5.28. The molecule has 4 nitrogen and oxygen atoms in total. The van der Waals surface area contributed by atoms with Crippen LogP contribution in [0.2, 0.25) is 0 Å². The van der Waals surface area contributed by atoms with Gasteiger partial charge in [0.05, 0.1) is 5.69 Å². The van der Waals surface area contributed by atoms with E-state index in [1.54, 1.807) is 13.8 Å². The standard InChI is InChI=1S/C8H11NO3/c1-3-6-8(11)7(10)4-5(2)9(6)12/h4,11-12H,3H2,1-2H3. The molecule has 66 valence electrons. The first kappa shape index (κ1) is 8.64. The van der Waals surface area contributed by atoms with E-state index in [0.29, 0.717) is 12.1 Å². The fraction of sp³-hybridized carbons (Fsp3) is 0.375. The molecule has 1 aromatic heterocycles. The summed E-state index contributed by atoms with van der Waals surface area (Å²) in [6.07, 6.45) is 0.416. The Kier molecular flexibility index (Phi) is 2.08. The second kappa shape index (κ2) is 2.89. The molecule has 0 aliphatic carbocycles. The van der Waals surface area contributed by atoms with Gasteiger partial charge in [-0.3, -0.25) is 4.79 Å². The molecule has 12 heavy (non-hydrogen) atoms. The Balaban J connectivity index is 3.53. The Hall–Kier alpha value is -1.45. The molecule has 4 heteroatoms. The fourth-order valence-electron chi connectivity index (χ4n) is 1.09. The summed E-state index contributed by atoms with van der Waals surface area (Å²) in [7, 11) is 0. The molecule has 0 saturated carbocycles. The summed E-state index contributed by atoms with van der Waals surface area (Å²) in [6.45, 7) is 3.35. The Labute approximate surface area is 69.7 Å². The summed E-state index contributed by atoms with van der Waals surface area (Å²) >= 11 is 0. The van der Waals surface area contributed by atoms with Gasteiger partial charge in [0.15, 0.2) is 5.75 Å². The average Bonchev–Trinajstić information content (AvgIpc) is 2.02. The number of pyridine rings is 1. The maximum atomic E-state index is 11.0. The van der Waals surface area contributed by atoms with Crippen molar-refractivity contribution in [2.75, 3.05) is 0 Å². The fourth-order valence-corrected chi connectivity index (χ4v) is 1.09. The molecule has 0 aliphatic heterocycles. The average molecular weight is 169 g/mol. The van der Waals surface area contributed by atoms with Gasteiger partial charge < -0.3 is 10.3 Å². The smallest absolute Gasteiger partial charge is 0.223 e. The van der Waals surface area contributed by atoms with Crippen LogP contribution in [0.1, 0.15) is 18.3 Å². The Bertz CT molecular complexity index is 354. The summed E-state index contributed by atoms with van der Waals surface area (Å²) in [5.74, 6) is -0.370. The van der Waals surface area contributed by atoms with E-state index in [9.17, 15) is 15.1 Å². The van der Waals surface area contributed by atoms with Gasteiger partial charge in [0.2, 0.25) is 5.43 Å². The summed E-state index contributed by atoms with van der Waals surface area (Å²) < 4.78 is 0.830. The SMILES string of the molecule is CCc1c(O)c(=O)cc(C)n1O. The molecule has 0 aromatic carbocycles. The van der Waals surface area contributed by atoms with Crippen molar-refractivity contribution in [1.82, 2.24) is 4.73 Å². The van der Waals surface area contributed by atoms with E-state index in [0.717, 1.165) is 4.73 Å². The number of hydrogen-bond acceptors (Lipinski definition) is 3. The number of nitrogens with zero attached hydrogens (tertiary/aromatic N) is 1. The summed E-state index contributed by atoms with van der Waals surface area (Å²) in [6, 6.07) is 1.19. The number of hydrogen-bond donors (Lipinski definition) is 2. The third kappa shape index (κ3) is 1.15. The van der Waals surface area contributed by atoms with Gasteiger partial charge in [-0.25, -0.2) is 0 Å². The van der Waals surface area contributed by atoms with Crippen LogP contribution in [0.5, 0.6) is 5.75 Å². The van der Waals surface area contributed by atoms with Crippen LogP contribution >= 0.6 is 0 Å². The molecule has 0 fully saturated rings. The first-order valence-electron chi connectivity index (χ1n) is 3.71. The minimum Gasteiger partial charge on any atom is -0.503 e. The van der Waals surface area contributed by atoms with Crippen LogP contribution < -0.4 is 5.43 Å². The molecular weight excluding hydrogens is 158 g/mol. The highest BCUT2D eigenvalue weighted by Gasteiger charge is 2.09. The van der Waals surface area contributed by atoms with Crippen molar-refractivity contribution in [1.29, 1.82) is 0 Å². The van der Waals surface area contributed by atoms with Gasteiger partial charge in [-0.2, -0.15) is 4.73 Å². The lowest BCUT2D eigenvalue weighted by Crippen LogP contribution is -2.13. The topological polar surface area (TPSA) is 62.5 Å². The van der Waals surface area contributed by atoms with E-state index in [2.05, 4.69) is 0 Å². The zero-order chi connectivity index (χ0) is 9.30. The first-order chi connectivity index (χ1) is 5.57. The molecule has 0 radical (unpaired) electrons. The van der Waals surface area contributed by atoms with Crippen LogP contribution in [-0.2, 0) is 6.42 Å². The van der Waals surface area contributed by atoms with Gasteiger partial charge in [0.25, 0.3) is 0 Å². The van der Waals surface area contributed by atoms with Gasteiger partial charge in [-0.15, -0.1) is 0 Å². The van der Waals surface area contributed by atoms with Gasteiger partial charge in [-0.1, -0.05) is 6.92 Å². The van der Waals surface area contributed by atoms with Crippen LogP contribution in [0, 0.1) is 6.92 Å². The normalized spacial score (nSPS) is 10.2. The second-order valence-corrected chi connectivity index (χ2v) is 2.61. The monoisotopic (exact) mass is 169 g/mol. The molecule has 1 heterocycles. The van der Waals surface area contributed by atoms with Crippen molar-refractivity contribution in [2.24, 2.45) is 0 Å². The first-order valence-corrected chi connectivity index (χ1v) is 3.71. The quantitative estimate of drug-likeness (QED) is 0.607. The number of aryl methyl sites for hydroxylation is 1. The second-order valence-electron chi connectivity index (χ2n) is 2.61. The third-order valence-electron chi connectivity index (χ3n) is 1.77. The van der Waals surface area contributed by atoms with E-state index >= 15 is 0 Å². The zero-order valence-electron chi connectivity index (χ0n) is 7.03. The molecule has 0 bridgehead atoms. The maximum Gasteiger partial charge on any atom is 0.223 e. The molecule has 1 rings (SSSR count). The van der Waals surface area contributed by atoms with E-state index in [1.807, 2.05) is 0 Å². The predicted octanol–water partition coefficient (Wildman–Crippen LogP) is 0.662. The van der Waals surface area contributed by atoms with Crippen LogP contribution in [0.4, 0.5) is 0 Å². The predicted molar refractivity (Wildman–Crippen MR) is 43.7 cm³/mol. The zero-order valence-corrected chi connectivity index (χ0v) is 7.03. The van der Waals surface area contributed by atoms with Crippen molar-refractivity contribution in [2.45, 2.75) is 20.3 Å². The summed E-state index contributed by atoms with van der Waals surface area (Å²) in [5.41, 5.74) is 0.226. The largest absolute Gasteiger partial charge is 0.503 e. The van der Waals surface area contributed by atoms with Crippen LogP contribution in [0.15, 0.2) is 10.9 Å². The van der Waals surface area contributed by atoms with E-state index < -0.39 is 5.43 Å². The molecule has 0 unspecified atom stereocenters. The Morgan fingerprint density at radius 1 is 1.58 bits per heavy atom. The molecule has 0 atom stereocenters. The molecule has 2 N–H and O–H groups in total. The summed E-state index contributed by atoms with van der Waals surface area (Å²) in [4.78, 5) is 11.0. The van der Waals surface area contributed by atoms with Crippen LogP contribution in [-0.4, -0.2) is 15.0 Å². The van der Waals surface area contributed by atoms with Gasteiger partial charge >= 0.3 is 0 Å². The number of aromatic nitrogens is 1. The van der Waals surface area contributed by atoms with Gasteiger partial charge in [-0.05, 0) is 13.3 Å². The van der Waals surface area contributed by atoms with Crippen molar-refractivity contribution in [3.8, 4) is 5.75 Å². The maximum absolute atomic E-state index is 11.0. The Morgan fingerprint density at radius 2 is 2.17 bits per heavy atom. The van der Waals surface area contributed by atoms with E-state index in [-0.39, 0.29) is 11.4 Å². The third-order valence-corrected chi connectivity index (χ3v) is 1.77. The lowest BCUT2D eigenvalue weighted by Gasteiger charge is -2.08. The van der Waals surface area contributed by atoms with Crippen LogP contribution in [0.3, 0.4) is 0 Å². The molecule has 0 saturated heterocycles. The minimum atomic E-state index is -0.449. The van der Waals surface area contributed by atoms with Crippen molar-refractivity contribution in [3.05, 3.63) is 27.7 Å². The van der Waals surface area contributed by atoms with Gasteiger partial charge in [0.1, 0.15) is 5.69 Å². The van der Waals surface area contributed by atoms with E-state index in [1.165, 1.54) is 6.07 Å². The highest BCUT2D eigenvalue weighted by atomic mass is 16.5. The molecule has 0 spiro atoms. The number of rotatable bonds is 1. The molecule has 1 aromatic rings. The molecule has 0 amide bonds. The van der Waals surface area contributed by atoms with Crippen molar-refractivity contribution < 1.29 is 10.3 Å². The van der Waals surface area contributed by atoms with Crippen LogP contribution in [0.25, 0.3) is 0 Å². The van der Waals surface area contributed by atoms with Crippen molar-refractivity contribution in [3.63, 3.8) is 0 Å². The van der Waals surface area contributed by atoms with Crippen molar-refractivity contribution >= 4 is 0 Å². The van der Waals surface area contributed by atoms with E-state index in [4.69, 9.17) is 0 Å². The highest BCUT2D eigenvalue weighted by Crippen LogP contribution is 2.12. The lowest BCUT2D eigenvalue weighted by molar-refractivity contribution is 0.164. The van der Waals surface area contributed by atoms with Gasteiger partial charge in [0, 0.05) is 6.07 Å².